The Kier molecular flexibility index (Phi) is 10.0. The van der Waals surface area contributed by atoms with E-state index in [9.17, 15) is 14.4 Å². The molecule has 0 radical (unpaired) electrons. The zero-order chi connectivity index (χ0) is 27.8. The molecule has 0 aromatic heterocycles. The topological polar surface area (TPSA) is 75.3 Å². The Morgan fingerprint density at radius 2 is 1.56 bits per heavy atom. The number of halogens is 3. The predicted octanol–water partition coefficient (Wildman–Crippen LogP) is 8.14. The lowest BCUT2D eigenvalue weighted by Crippen LogP contribution is -2.30. The summed E-state index contributed by atoms with van der Waals surface area (Å²) < 4.78 is 0.904. The summed E-state index contributed by atoms with van der Waals surface area (Å²) in [5, 5.41) is 6.28. The molecule has 0 unspecified atom stereocenters. The van der Waals surface area contributed by atoms with Crippen LogP contribution in [-0.4, -0.2) is 23.4 Å². The van der Waals surface area contributed by atoms with Gasteiger partial charge in [0.25, 0.3) is 11.8 Å². The molecule has 4 aromatic rings. The third-order valence-electron chi connectivity index (χ3n) is 5.42. The Bertz CT molecular complexity index is 1540. The van der Waals surface area contributed by atoms with Gasteiger partial charge in [0.05, 0.1) is 5.75 Å². The van der Waals surface area contributed by atoms with Gasteiger partial charge in [0.2, 0.25) is 0 Å². The van der Waals surface area contributed by atoms with Gasteiger partial charge in [0.1, 0.15) is 5.70 Å². The average Bonchev–Trinajstić information content (AvgIpc) is 2.93. The van der Waals surface area contributed by atoms with Crippen molar-refractivity contribution in [1.82, 2.24) is 5.32 Å². The minimum Gasteiger partial charge on any atom is -0.321 e. The number of amides is 2. The molecule has 4 rings (SSSR count). The van der Waals surface area contributed by atoms with Gasteiger partial charge in [0, 0.05) is 36.2 Å². The lowest BCUT2D eigenvalue weighted by Gasteiger charge is -2.12. The minimum absolute atomic E-state index is 0.00320. The first-order valence-corrected chi connectivity index (χ1v) is 14.2. The second-order valence-electron chi connectivity index (χ2n) is 8.24. The largest absolute Gasteiger partial charge is 0.321 e. The van der Waals surface area contributed by atoms with Gasteiger partial charge in [-0.15, -0.1) is 11.8 Å². The molecule has 0 saturated carbocycles. The lowest BCUT2D eigenvalue weighted by atomic mass is 10.1. The molecule has 0 aliphatic carbocycles. The maximum atomic E-state index is 13.3. The highest BCUT2D eigenvalue weighted by Crippen LogP contribution is 2.25. The van der Waals surface area contributed by atoms with Crippen molar-refractivity contribution in [2.45, 2.75) is 4.90 Å². The van der Waals surface area contributed by atoms with Crippen LogP contribution >= 0.6 is 50.9 Å². The van der Waals surface area contributed by atoms with Gasteiger partial charge < -0.3 is 10.6 Å². The van der Waals surface area contributed by atoms with Crippen LogP contribution in [0.25, 0.3) is 6.08 Å². The normalized spacial score (nSPS) is 11.1. The lowest BCUT2D eigenvalue weighted by molar-refractivity contribution is -0.113. The van der Waals surface area contributed by atoms with E-state index >= 15 is 0 Å². The number of ketones is 1. The molecular weight excluding hydrogens is 619 g/mol. The molecule has 9 heteroatoms. The van der Waals surface area contributed by atoms with E-state index in [1.54, 1.807) is 78.9 Å². The van der Waals surface area contributed by atoms with Crippen molar-refractivity contribution in [3.8, 4) is 0 Å². The molecule has 0 fully saturated rings. The quantitative estimate of drug-likeness (QED) is 0.110. The molecule has 0 atom stereocenters. The van der Waals surface area contributed by atoms with Crippen molar-refractivity contribution in [2.24, 2.45) is 0 Å². The molecule has 0 bridgehead atoms. The number of hydrogen-bond donors (Lipinski definition) is 2. The fourth-order valence-electron chi connectivity index (χ4n) is 3.45. The van der Waals surface area contributed by atoms with Crippen LogP contribution < -0.4 is 10.6 Å². The molecule has 0 spiro atoms. The molecule has 4 aromatic carbocycles. The number of rotatable bonds is 9. The summed E-state index contributed by atoms with van der Waals surface area (Å²) in [6.07, 6.45) is 1.49. The van der Waals surface area contributed by atoms with Crippen LogP contribution in [0.15, 0.2) is 112 Å². The van der Waals surface area contributed by atoms with Gasteiger partial charge in [0.15, 0.2) is 5.78 Å². The summed E-state index contributed by atoms with van der Waals surface area (Å²) in [5.41, 5.74) is 2.03. The summed E-state index contributed by atoms with van der Waals surface area (Å²) in [5.74, 6) is -0.751. The SMILES string of the molecule is O=C(Nc1cccc(SCC(=O)c2ccc(Br)cc2)c1)/C(=C/c1ccc(Cl)cc1Cl)NC(=O)c1ccccc1. The van der Waals surface area contributed by atoms with E-state index in [-0.39, 0.29) is 17.2 Å². The van der Waals surface area contributed by atoms with Crippen molar-refractivity contribution in [3.63, 3.8) is 0 Å². The number of thioether (sulfide) groups is 1. The maximum Gasteiger partial charge on any atom is 0.272 e. The van der Waals surface area contributed by atoms with E-state index in [0.29, 0.717) is 32.4 Å². The van der Waals surface area contributed by atoms with Crippen LogP contribution in [0.3, 0.4) is 0 Å². The van der Waals surface area contributed by atoms with E-state index in [2.05, 4.69) is 26.6 Å². The van der Waals surface area contributed by atoms with Gasteiger partial charge in [-0.25, -0.2) is 0 Å². The van der Waals surface area contributed by atoms with Crippen LogP contribution in [0.2, 0.25) is 10.0 Å². The number of carbonyl (C=O) groups is 3. The molecule has 5 nitrogen and oxygen atoms in total. The third-order valence-corrected chi connectivity index (χ3v) is 7.50. The first-order valence-electron chi connectivity index (χ1n) is 11.6. The standard InChI is InChI=1S/C30H21BrCl2N2O3S/c31-22-12-9-19(10-13-22)28(36)18-39-25-8-4-7-24(17-25)34-30(38)27(15-21-11-14-23(32)16-26(21)33)35-29(37)20-5-2-1-3-6-20/h1-17H,18H2,(H,34,38)(H,35,37)/b27-15-. The van der Waals surface area contributed by atoms with E-state index in [1.165, 1.54) is 17.8 Å². The molecular formula is C30H21BrCl2N2O3S. The molecule has 0 heterocycles. The summed E-state index contributed by atoms with van der Waals surface area (Å²) in [6, 6.07) is 27.8. The molecule has 2 amide bonds. The minimum atomic E-state index is -0.543. The van der Waals surface area contributed by atoms with Crippen LogP contribution in [-0.2, 0) is 4.79 Å². The molecule has 196 valence electrons. The van der Waals surface area contributed by atoms with Crippen LogP contribution in [0.4, 0.5) is 5.69 Å². The second-order valence-corrected chi connectivity index (χ2v) is 11.1. The Morgan fingerprint density at radius 3 is 2.28 bits per heavy atom. The van der Waals surface area contributed by atoms with Crippen LogP contribution in [0, 0.1) is 0 Å². The van der Waals surface area contributed by atoms with Crippen molar-refractivity contribution in [2.75, 3.05) is 11.1 Å². The predicted molar refractivity (Wildman–Crippen MR) is 163 cm³/mol. The fourth-order valence-corrected chi connectivity index (χ4v) is 5.02. The van der Waals surface area contributed by atoms with Crippen molar-refractivity contribution >= 4 is 80.3 Å². The number of hydrogen-bond acceptors (Lipinski definition) is 4. The summed E-state index contributed by atoms with van der Waals surface area (Å²) in [7, 11) is 0. The first-order chi connectivity index (χ1) is 18.8. The molecule has 0 aliphatic rings. The van der Waals surface area contributed by atoms with Crippen molar-refractivity contribution < 1.29 is 14.4 Å². The Hall–Kier alpha value is -3.36. The average molecular weight is 640 g/mol. The smallest absolute Gasteiger partial charge is 0.272 e. The Morgan fingerprint density at radius 1 is 0.821 bits per heavy atom. The molecule has 39 heavy (non-hydrogen) atoms. The van der Waals surface area contributed by atoms with Gasteiger partial charge in [-0.1, -0.05) is 81.6 Å². The zero-order valence-electron chi connectivity index (χ0n) is 20.3. The molecule has 0 aliphatic heterocycles. The van der Waals surface area contributed by atoms with E-state index in [1.807, 2.05) is 18.2 Å². The van der Waals surface area contributed by atoms with E-state index in [0.717, 1.165) is 9.37 Å². The fraction of sp³-hybridized carbons (Fsp3) is 0.0333. The van der Waals surface area contributed by atoms with Gasteiger partial charge >= 0.3 is 0 Å². The van der Waals surface area contributed by atoms with E-state index in [4.69, 9.17) is 23.2 Å². The highest BCUT2D eigenvalue weighted by molar-refractivity contribution is 9.10. The number of carbonyl (C=O) groups excluding carboxylic acids is 3. The summed E-state index contributed by atoms with van der Waals surface area (Å²) >= 11 is 17.1. The van der Waals surface area contributed by atoms with Crippen molar-refractivity contribution in [3.05, 3.63) is 134 Å². The maximum absolute atomic E-state index is 13.3. The monoisotopic (exact) mass is 638 g/mol. The van der Waals surface area contributed by atoms with Crippen molar-refractivity contribution in [1.29, 1.82) is 0 Å². The number of Topliss-reactive ketones (excluding diaryl/α,β-unsaturated/α-hetero) is 1. The third kappa shape index (κ3) is 8.31. The zero-order valence-corrected chi connectivity index (χ0v) is 24.2. The van der Waals surface area contributed by atoms with Crippen LogP contribution in [0.1, 0.15) is 26.3 Å². The molecule has 0 saturated heterocycles. The summed E-state index contributed by atoms with van der Waals surface area (Å²) in [6.45, 7) is 0. The first kappa shape index (κ1) is 28.6. The number of benzene rings is 4. The van der Waals surface area contributed by atoms with Gasteiger partial charge in [-0.3, -0.25) is 14.4 Å². The Balaban J connectivity index is 1.51. The van der Waals surface area contributed by atoms with Gasteiger partial charge in [-0.05, 0) is 66.2 Å². The highest BCUT2D eigenvalue weighted by Gasteiger charge is 2.16. The highest BCUT2D eigenvalue weighted by atomic mass is 79.9. The summed E-state index contributed by atoms with van der Waals surface area (Å²) in [4.78, 5) is 39.5. The second kappa shape index (κ2) is 13.6. The number of nitrogens with one attached hydrogen (secondary N) is 2. The molecule has 2 N–H and O–H groups in total. The van der Waals surface area contributed by atoms with E-state index < -0.39 is 11.8 Å². The van der Waals surface area contributed by atoms with Crippen LogP contribution in [0.5, 0.6) is 0 Å². The number of anilines is 1. The van der Waals surface area contributed by atoms with Gasteiger partial charge in [-0.2, -0.15) is 0 Å². The Labute approximate surface area is 248 Å².